The Morgan fingerprint density at radius 1 is 1.21 bits per heavy atom. The van der Waals surface area contributed by atoms with Gasteiger partial charge < -0.3 is 20.5 Å². The topological polar surface area (TPSA) is 109 Å². The summed E-state index contributed by atoms with van der Waals surface area (Å²) in [5.41, 5.74) is 0.836. The average Bonchev–Trinajstić information content (AvgIpc) is 2.70. The molecule has 0 aliphatic rings. The molecule has 0 aliphatic heterocycles. The van der Waals surface area contributed by atoms with Crippen molar-refractivity contribution in [2.45, 2.75) is 19.6 Å². The lowest BCUT2D eigenvalue weighted by Crippen LogP contribution is -2.42. The van der Waals surface area contributed by atoms with E-state index in [1.54, 1.807) is 12.1 Å². The highest BCUT2D eigenvalue weighted by atomic mass is 19.1. The van der Waals surface area contributed by atoms with Gasteiger partial charge in [-0.05, 0) is 36.8 Å². The number of nitro benzene ring substituents is 1. The van der Waals surface area contributed by atoms with Crippen LogP contribution in [0.15, 0.2) is 53.5 Å². The molecule has 1 unspecified atom stereocenters. The summed E-state index contributed by atoms with van der Waals surface area (Å²) in [4.78, 5) is 14.5. The average molecular weight is 390 g/mol. The maximum absolute atomic E-state index is 12.9. The molecule has 0 aromatic heterocycles. The van der Waals surface area contributed by atoms with E-state index < -0.39 is 11.0 Å². The van der Waals surface area contributed by atoms with Crippen LogP contribution in [0.5, 0.6) is 5.75 Å². The van der Waals surface area contributed by atoms with Gasteiger partial charge in [0.15, 0.2) is 5.96 Å². The van der Waals surface area contributed by atoms with Crippen LogP contribution in [0.25, 0.3) is 0 Å². The molecular formula is C19H23FN4O4. The first kappa shape index (κ1) is 21.1. The normalized spacial score (nSPS) is 12.3. The van der Waals surface area contributed by atoms with Crippen LogP contribution in [0.3, 0.4) is 0 Å². The van der Waals surface area contributed by atoms with Gasteiger partial charge in [0.05, 0.1) is 11.5 Å². The number of halogens is 1. The van der Waals surface area contributed by atoms with Crippen LogP contribution in [0.4, 0.5) is 10.1 Å². The van der Waals surface area contributed by atoms with E-state index in [1.165, 1.54) is 36.4 Å². The predicted molar refractivity (Wildman–Crippen MR) is 104 cm³/mol. The van der Waals surface area contributed by atoms with Gasteiger partial charge in [0.2, 0.25) is 0 Å². The van der Waals surface area contributed by atoms with Gasteiger partial charge in [-0.15, -0.1) is 0 Å². The molecule has 2 aromatic carbocycles. The summed E-state index contributed by atoms with van der Waals surface area (Å²) < 4.78 is 18.4. The number of non-ortho nitro benzene ring substituents is 1. The Balaban J connectivity index is 1.80. The smallest absolute Gasteiger partial charge is 0.269 e. The molecule has 0 saturated heterocycles. The largest absolute Gasteiger partial charge is 0.491 e. The fourth-order valence-corrected chi connectivity index (χ4v) is 2.23. The van der Waals surface area contributed by atoms with Gasteiger partial charge >= 0.3 is 0 Å². The van der Waals surface area contributed by atoms with Crippen LogP contribution < -0.4 is 15.4 Å². The molecule has 1 atom stereocenters. The van der Waals surface area contributed by atoms with Crippen LogP contribution in [0.2, 0.25) is 0 Å². The van der Waals surface area contributed by atoms with Gasteiger partial charge in [0.25, 0.3) is 5.69 Å². The van der Waals surface area contributed by atoms with Gasteiger partial charge in [-0.1, -0.05) is 12.1 Å². The highest BCUT2D eigenvalue weighted by Gasteiger charge is 2.09. The number of nitro groups is 1. The zero-order chi connectivity index (χ0) is 20.4. The van der Waals surface area contributed by atoms with Crippen LogP contribution in [0.1, 0.15) is 12.5 Å². The first-order chi connectivity index (χ1) is 13.5. The Kier molecular flexibility index (Phi) is 8.16. The van der Waals surface area contributed by atoms with E-state index in [2.05, 4.69) is 15.6 Å². The molecule has 0 aliphatic carbocycles. The minimum Gasteiger partial charge on any atom is -0.491 e. The predicted octanol–water partition coefficient (Wildman–Crippen LogP) is 2.23. The van der Waals surface area contributed by atoms with E-state index >= 15 is 0 Å². The number of aliphatic hydroxyl groups is 1. The Morgan fingerprint density at radius 3 is 2.50 bits per heavy atom. The monoisotopic (exact) mass is 390 g/mol. The molecular weight excluding hydrogens is 367 g/mol. The van der Waals surface area contributed by atoms with Gasteiger partial charge in [-0.2, -0.15) is 0 Å². The van der Waals surface area contributed by atoms with E-state index in [4.69, 9.17) is 4.74 Å². The number of aliphatic hydroxyl groups excluding tert-OH is 1. The molecule has 28 heavy (non-hydrogen) atoms. The van der Waals surface area contributed by atoms with Crippen molar-refractivity contribution in [3.63, 3.8) is 0 Å². The van der Waals surface area contributed by atoms with Crippen LogP contribution in [-0.2, 0) is 6.54 Å². The number of ether oxygens (including phenoxy) is 1. The summed E-state index contributed by atoms with van der Waals surface area (Å²) in [6.45, 7) is 3.14. The first-order valence-corrected chi connectivity index (χ1v) is 8.80. The zero-order valence-electron chi connectivity index (χ0n) is 15.5. The Bertz CT molecular complexity index is 782. The van der Waals surface area contributed by atoms with Crippen LogP contribution in [0, 0.1) is 15.9 Å². The molecule has 9 heteroatoms. The quantitative estimate of drug-likeness (QED) is 0.262. The second-order valence-electron chi connectivity index (χ2n) is 5.92. The van der Waals surface area contributed by atoms with Gasteiger partial charge in [0.1, 0.15) is 24.3 Å². The summed E-state index contributed by atoms with van der Waals surface area (Å²) in [7, 11) is 0. The van der Waals surface area contributed by atoms with E-state index in [1.807, 2.05) is 6.92 Å². The third-order valence-electron chi connectivity index (χ3n) is 3.67. The van der Waals surface area contributed by atoms with Gasteiger partial charge in [0, 0.05) is 25.2 Å². The fraction of sp³-hybridized carbons (Fsp3) is 0.316. The van der Waals surface area contributed by atoms with Crippen molar-refractivity contribution in [3.05, 3.63) is 70.0 Å². The van der Waals surface area contributed by atoms with E-state index in [-0.39, 0.29) is 24.7 Å². The van der Waals surface area contributed by atoms with Crippen molar-refractivity contribution >= 4 is 11.6 Å². The van der Waals surface area contributed by atoms with Crippen molar-refractivity contribution in [2.24, 2.45) is 4.99 Å². The lowest BCUT2D eigenvalue weighted by molar-refractivity contribution is -0.384. The van der Waals surface area contributed by atoms with Crippen molar-refractivity contribution in [1.82, 2.24) is 10.6 Å². The summed E-state index contributed by atoms with van der Waals surface area (Å²) >= 11 is 0. The molecule has 0 spiro atoms. The standard InChI is InChI=1S/C19H23FN4O4/c1-2-21-19(22-11-14-3-5-15(20)6-4-14)23-12-17(25)13-28-18-9-7-16(8-10-18)24(26)27/h3-10,17,25H,2,11-13H2,1H3,(H2,21,22,23). The van der Waals surface area contributed by atoms with Crippen LogP contribution in [-0.4, -0.2) is 41.8 Å². The molecule has 0 bridgehead atoms. The van der Waals surface area contributed by atoms with Gasteiger partial charge in [-0.3, -0.25) is 10.1 Å². The zero-order valence-corrected chi connectivity index (χ0v) is 15.5. The fourth-order valence-electron chi connectivity index (χ4n) is 2.23. The van der Waals surface area contributed by atoms with E-state index in [0.29, 0.717) is 24.8 Å². The van der Waals surface area contributed by atoms with Crippen molar-refractivity contribution < 1.29 is 19.2 Å². The second kappa shape index (κ2) is 10.8. The van der Waals surface area contributed by atoms with Crippen molar-refractivity contribution in [3.8, 4) is 5.75 Å². The Hall–Kier alpha value is -3.20. The lowest BCUT2D eigenvalue weighted by Gasteiger charge is -2.16. The maximum atomic E-state index is 12.9. The molecule has 0 fully saturated rings. The molecule has 2 aromatic rings. The SMILES string of the molecule is CCNC(=NCc1ccc(F)cc1)NCC(O)COc1ccc([N+](=O)[O-])cc1. The van der Waals surface area contributed by atoms with E-state index in [9.17, 15) is 19.6 Å². The Labute approximate surface area is 162 Å². The number of hydrogen-bond acceptors (Lipinski definition) is 5. The first-order valence-electron chi connectivity index (χ1n) is 8.80. The minimum atomic E-state index is -0.815. The third-order valence-corrected chi connectivity index (χ3v) is 3.67. The number of aliphatic imine (C=N–C) groups is 1. The summed E-state index contributed by atoms with van der Waals surface area (Å²) in [5.74, 6) is 0.650. The molecule has 0 heterocycles. The maximum Gasteiger partial charge on any atom is 0.269 e. The number of nitrogens with one attached hydrogen (secondary N) is 2. The number of rotatable bonds is 9. The molecule has 0 amide bonds. The van der Waals surface area contributed by atoms with E-state index in [0.717, 1.165) is 5.56 Å². The van der Waals surface area contributed by atoms with Crippen molar-refractivity contribution in [1.29, 1.82) is 0 Å². The third kappa shape index (κ3) is 7.20. The Morgan fingerprint density at radius 2 is 1.89 bits per heavy atom. The van der Waals surface area contributed by atoms with Gasteiger partial charge in [-0.25, -0.2) is 9.38 Å². The summed E-state index contributed by atoms with van der Waals surface area (Å²) in [5, 5.41) is 26.8. The molecule has 0 saturated carbocycles. The number of hydrogen-bond donors (Lipinski definition) is 3. The lowest BCUT2D eigenvalue weighted by atomic mass is 10.2. The molecule has 8 nitrogen and oxygen atoms in total. The molecule has 2 rings (SSSR count). The number of nitrogens with zero attached hydrogens (tertiary/aromatic N) is 2. The number of guanidine groups is 1. The summed E-state index contributed by atoms with van der Waals surface area (Å²) in [6.07, 6.45) is -0.815. The molecule has 0 radical (unpaired) electrons. The number of benzene rings is 2. The molecule has 3 N–H and O–H groups in total. The molecule has 150 valence electrons. The highest BCUT2D eigenvalue weighted by molar-refractivity contribution is 5.79. The highest BCUT2D eigenvalue weighted by Crippen LogP contribution is 2.17. The minimum absolute atomic E-state index is 0.0160. The second-order valence-corrected chi connectivity index (χ2v) is 5.92. The van der Waals surface area contributed by atoms with Crippen molar-refractivity contribution in [2.75, 3.05) is 19.7 Å². The van der Waals surface area contributed by atoms with Crippen LogP contribution >= 0.6 is 0 Å². The summed E-state index contributed by atoms with van der Waals surface area (Å²) in [6, 6.07) is 11.7.